The first-order chi connectivity index (χ1) is 13.1. The van der Waals surface area contributed by atoms with Gasteiger partial charge in [0.25, 0.3) is 0 Å². The molecule has 0 saturated carbocycles. The first-order valence-corrected chi connectivity index (χ1v) is 9.05. The minimum Gasteiger partial charge on any atom is -0.504 e. The number of ether oxygens (including phenoxy) is 1. The molecule has 2 amide bonds. The van der Waals surface area contributed by atoms with E-state index in [2.05, 4.69) is 5.32 Å². The van der Waals surface area contributed by atoms with Crippen LogP contribution in [0.25, 0.3) is 0 Å². The lowest BCUT2D eigenvalue weighted by Crippen LogP contribution is -2.46. The molecule has 1 aliphatic heterocycles. The van der Waals surface area contributed by atoms with Crippen LogP contribution in [0, 0.1) is 0 Å². The number of methoxy groups -OCH3 is 1. The van der Waals surface area contributed by atoms with E-state index in [-0.39, 0.29) is 24.1 Å². The summed E-state index contributed by atoms with van der Waals surface area (Å²) in [4.78, 5) is 26.9. The average Bonchev–Trinajstić information content (AvgIpc) is 3.17. The second kappa shape index (κ2) is 8.58. The highest BCUT2D eigenvalue weighted by molar-refractivity contribution is 5.89. The van der Waals surface area contributed by atoms with E-state index in [9.17, 15) is 14.7 Å². The smallest absolute Gasteiger partial charge is 0.243 e. The molecule has 0 radical (unpaired) electrons. The molecule has 142 valence electrons. The second-order valence-corrected chi connectivity index (χ2v) is 6.63. The third-order valence-electron chi connectivity index (χ3n) is 4.78. The Morgan fingerprint density at radius 1 is 1.19 bits per heavy atom. The number of carbonyl (C=O) groups excluding carboxylic acids is 2. The Balaban J connectivity index is 1.58. The molecule has 1 unspecified atom stereocenters. The number of carbonyl (C=O) groups is 2. The van der Waals surface area contributed by atoms with Crippen LogP contribution >= 0.6 is 0 Å². The first-order valence-electron chi connectivity index (χ1n) is 9.05. The maximum atomic E-state index is 12.6. The largest absolute Gasteiger partial charge is 0.504 e. The summed E-state index contributed by atoms with van der Waals surface area (Å²) >= 11 is 0. The lowest BCUT2D eigenvalue weighted by atomic mass is 10.1. The number of benzene rings is 2. The zero-order valence-electron chi connectivity index (χ0n) is 15.4. The molecule has 0 spiro atoms. The quantitative estimate of drug-likeness (QED) is 0.820. The summed E-state index contributed by atoms with van der Waals surface area (Å²) in [7, 11) is 1.48. The van der Waals surface area contributed by atoms with Gasteiger partial charge in [-0.1, -0.05) is 36.4 Å². The van der Waals surface area contributed by atoms with E-state index in [0.29, 0.717) is 25.1 Å². The van der Waals surface area contributed by atoms with Crippen molar-refractivity contribution in [2.45, 2.75) is 31.8 Å². The van der Waals surface area contributed by atoms with Crippen LogP contribution < -0.4 is 10.1 Å². The van der Waals surface area contributed by atoms with Gasteiger partial charge in [0, 0.05) is 13.1 Å². The molecule has 27 heavy (non-hydrogen) atoms. The van der Waals surface area contributed by atoms with Gasteiger partial charge in [-0.25, -0.2) is 0 Å². The number of amides is 2. The molecule has 1 heterocycles. The molecule has 6 nitrogen and oxygen atoms in total. The van der Waals surface area contributed by atoms with Gasteiger partial charge in [-0.15, -0.1) is 0 Å². The highest BCUT2D eigenvalue weighted by atomic mass is 16.5. The van der Waals surface area contributed by atoms with Gasteiger partial charge in [-0.3, -0.25) is 9.59 Å². The molecule has 1 fully saturated rings. The Kier molecular flexibility index (Phi) is 5.96. The third kappa shape index (κ3) is 4.58. The monoisotopic (exact) mass is 368 g/mol. The van der Waals surface area contributed by atoms with Crippen LogP contribution in [0.4, 0.5) is 0 Å². The molecule has 0 bridgehead atoms. The van der Waals surface area contributed by atoms with Crippen molar-refractivity contribution < 1.29 is 19.4 Å². The summed E-state index contributed by atoms with van der Waals surface area (Å²) in [5.41, 5.74) is 1.71. The first kappa shape index (κ1) is 18.8. The molecule has 2 N–H and O–H groups in total. The number of hydrogen-bond donors (Lipinski definition) is 2. The van der Waals surface area contributed by atoms with Crippen LogP contribution in [0.15, 0.2) is 48.5 Å². The van der Waals surface area contributed by atoms with Crippen LogP contribution in [0.3, 0.4) is 0 Å². The Morgan fingerprint density at radius 3 is 2.67 bits per heavy atom. The van der Waals surface area contributed by atoms with Gasteiger partial charge in [-0.05, 0) is 36.1 Å². The van der Waals surface area contributed by atoms with E-state index < -0.39 is 6.04 Å². The molecule has 3 rings (SSSR count). The lowest BCUT2D eigenvalue weighted by molar-refractivity contribution is -0.138. The van der Waals surface area contributed by atoms with Crippen LogP contribution in [-0.2, 0) is 22.6 Å². The van der Waals surface area contributed by atoms with Gasteiger partial charge >= 0.3 is 0 Å². The molecule has 2 aromatic carbocycles. The van der Waals surface area contributed by atoms with Gasteiger partial charge in [-0.2, -0.15) is 0 Å². The predicted octanol–water partition coefficient (Wildman–Crippen LogP) is 2.25. The molecule has 1 saturated heterocycles. The fourth-order valence-corrected chi connectivity index (χ4v) is 3.36. The number of rotatable bonds is 6. The average molecular weight is 368 g/mol. The molecule has 0 aliphatic carbocycles. The van der Waals surface area contributed by atoms with Crippen molar-refractivity contribution in [2.24, 2.45) is 0 Å². The Morgan fingerprint density at radius 2 is 1.96 bits per heavy atom. The van der Waals surface area contributed by atoms with Crippen molar-refractivity contribution >= 4 is 11.8 Å². The van der Waals surface area contributed by atoms with Gasteiger partial charge < -0.3 is 20.1 Å². The minimum atomic E-state index is -0.437. The topological polar surface area (TPSA) is 78.9 Å². The lowest BCUT2D eigenvalue weighted by Gasteiger charge is -2.24. The molecular formula is C21H24N2O4. The molecule has 0 aromatic heterocycles. The minimum absolute atomic E-state index is 0.0269. The van der Waals surface area contributed by atoms with Crippen LogP contribution in [0.2, 0.25) is 0 Å². The van der Waals surface area contributed by atoms with Crippen molar-refractivity contribution in [3.8, 4) is 11.5 Å². The molecule has 6 heteroatoms. The normalized spacial score (nSPS) is 16.2. The zero-order chi connectivity index (χ0) is 19.2. The zero-order valence-corrected chi connectivity index (χ0v) is 15.4. The number of nitrogens with zero attached hydrogens (tertiary/aromatic N) is 1. The molecule has 1 aliphatic rings. The fraction of sp³-hybridized carbons (Fsp3) is 0.333. The maximum Gasteiger partial charge on any atom is 0.243 e. The van der Waals surface area contributed by atoms with Crippen LogP contribution in [0.5, 0.6) is 11.5 Å². The van der Waals surface area contributed by atoms with Crippen molar-refractivity contribution in [3.05, 3.63) is 59.7 Å². The van der Waals surface area contributed by atoms with Gasteiger partial charge in [0.2, 0.25) is 11.8 Å². The Bertz CT molecular complexity index is 807. The number of aromatic hydroxyl groups is 1. The summed E-state index contributed by atoms with van der Waals surface area (Å²) in [5.74, 6) is 0.230. The van der Waals surface area contributed by atoms with E-state index in [0.717, 1.165) is 17.5 Å². The number of phenols is 1. The van der Waals surface area contributed by atoms with Gasteiger partial charge in [0.15, 0.2) is 11.5 Å². The highest BCUT2D eigenvalue weighted by Gasteiger charge is 2.33. The number of likely N-dealkylation sites (tertiary alicyclic amines) is 1. The summed E-state index contributed by atoms with van der Waals surface area (Å²) in [6.07, 6.45) is 1.79. The summed E-state index contributed by atoms with van der Waals surface area (Å²) in [6, 6.07) is 14.1. The van der Waals surface area contributed by atoms with Crippen LogP contribution in [0.1, 0.15) is 24.0 Å². The van der Waals surface area contributed by atoms with Crippen molar-refractivity contribution in [1.29, 1.82) is 0 Å². The fourth-order valence-electron chi connectivity index (χ4n) is 3.36. The Labute approximate surface area is 158 Å². The SMILES string of the molecule is COc1ccc(CNC(=O)C2CCCN2C(=O)Cc2ccccc2)cc1O. The summed E-state index contributed by atoms with van der Waals surface area (Å²) < 4.78 is 5.01. The van der Waals surface area contributed by atoms with E-state index in [1.165, 1.54) is 7.11 Å². The van der Waals surface area contributed by atoms with Crippen molar-refractivity contribution in [1.82, 2.24) is 10.2 Å². The van der Waals surface area contributed by atoms with E-state index in [4.69, 9.17) is 4.74 Å². The third-order valence-corrected chi connectivity index (χ3v) is 4.78. The molecule has 1 atom stereocenters. The molecule has 2 aromatic rings. The predicted molar refractivity (Wildman–Crippen MR) is 101 cm³/mol. The number of phenolic OH excluding ortho intramolecular Hbond substituents is 1. The van der Waals surface area contributed by atoms with E-state index in [1.807, 2.05) is 30.3 Å². The van der Waals surface area contributed by atoms with Gasteiger partial charge in [0.05, 0.1) is 13.5 Å². The van der Waals surface area contributed by atoms with Crippen LogP contribution in [-0.4, -0.2) is 41.5 Å². The van der Waals surface area contributed by atoms with Crippen molar-refractivity contribution in [3.63, 3.8) is 0 Å². The summed E-state index contributed by atoms with van der Waals surface area (Å²) in [5, 5.41) is 12.7. The summed E-state index contributed by atoms with van der Waals surface area (Å²) in [6.45, 7) is 0.890. The Hall–Kier alpha value is -3.02. The molecular weight excluding hydrogens is 344 g/mol. The highest BCUT2D eigenvalue weighted by Crippen LogP contribution is 2.26. The number of hydrogen-bond acceptors (Lipinski definition) is 4. The van der Waals surface area contributed by atoms with Crippen molar-refractivity contribution in [2.75, 3.05) is 13.7 Å². The second-order valence-electron chi connectivity index (χ2n) is 6.63. The van der Waals surface area contributed by atoms with Gasteiger partial charge in [0.1, 0.15) is 6.04 Å². The van der Waals surface area contributed by atoms with E-state index >= 15 is 0 Å². The maximum absolute atomic E-state index is 12.6. The van der Waals surface area contributed by atoms with E-state index in [1.54, 1.807) is 23.1 Å². The number of nitrogens with one attached hydrogen (secondary N) is 1. The standard InChI is InChI=1S/C21H24N2O4/c1-27-19-10-9-16(12-18(19)24)14-22-21(26)17-8-5-11-23(17)20(25)13-15-6-3-2-4-7-15/h2-4,6-7,9-10,12,17,24H,5,8,11,13-14H2,1H3,(H,22,26).